The van der Waals surface area contributed by atoms with Gasteiger partial charge in [0.25, 0.3) is 11.6 Å². The number of non-ortho nitro benzene ring substituents is 1. The first-order chi connectivity index (χ1) is 17.9. The Morgan fingerprint density at radius 3 is 2.66 bits per heavy atom. The highest BCUT2D eigenvalue weighted by atomic mass is 79.9. The fraction of sp³-hybridized carbons (Fsp3) is 0.273. The zero-order valence-corrected chi connectivity index (χ0v) is 21.7. The number of nitrogens with one attached hydrogen (secondary N) is 4. The number of nitro groups is 1. The van der Waals surface area contributed by atoms with Gasteiger partial charge in [0.05, 0.1) is 41.5 Å². The van der Waals surface area contributed by atoms with Gasteiger partial charge in [0.1, 0.15) is 11.9 Å². The lowest BCUT2D eigenvalue weighted by Crippen LogP contribution is -2.41. The Bertz CT molecular complexity index is 1310. The maximum absolute atomic E-state index is 13.3. The number of carbonyl (C=O) groups excluding carboxylic acids is 2. The third-order valence-corrected chi connectivity index (χ3v) is 5.97. The number of rotatable bonds is 9. The topological polar surface area (TPSA) is 195 Å². The van der Waals surface area contributed by atoms with Gasteiger partial charge in [0, 0.05) is 34.0 Å². The minimum atomic E-state index is -1.27. The van der Waals surface area contributed by atoms with Gasteiger partial charge < -0.3 is 31.5 Å². The molecular weight excluding hydrogens is 595 g/mol. The summed E-state index contributed by atoms with van der Waals surface area (Å²) in [5, 5.41) is 41.2. The van der Waals surface area contributed by atoms with Crippen molar-refractivity contribution >= 4 is 62.6 Å². The molecule has 2 aromatic rings. The van der Waals surface area contributed by atoms with Crippen LogP contribution in [0.3, 0.4) is 0 Å². The number of hydrogen-bond donors (Lipinski definition) is 6. The number of hydrogen-bond acceptors (Lipinski definition) is 9. The van der Waals surface area contributed by atoms with Crippen LogP contribution in [0.1, 0.15) is 28.4 Å². The fourth-order valence-electron chi connectivity index (χ4n) is 3.43. The molecule has 1 aliphatic rings. The van der Waals surface area contributed by atoms with E-state index in [1.165, 1.54) is 18.2 Å². The van der Waals surface area contributed by atoms with E-state index < -0.39 is 53.6 Å². The lowest BCUT2D eigenvalue weighted by Gasteiger charge is -2.20. The molecule has 38 heavy (non-hydrogen) atoms. The molecule has 1 heterocycles. The molecule has 0 fully saturated rings. The standard InChI is InChI=1S/C22H21BrClFN6O7/c23-16-4-11(24)3-15(20(16)35)17(6-19(33)34)30-18(32)9-26-21(36)10-1-13(5-14(2-10)31(37)38)29-22-27-7-12(25)8-28-22/h1-5,12,17,35H,6-9H2,(H,26,36)(H,30,32)(H,33,34)(H2,27,28,29)/t17-/m0/s1. The van der Waals surface area contributed by atoms with Crippen LogP contribution < -0.4 is 21.3 Å². The van der Waals surface area contributed by atoms with Crippen LogP contribution in [0, 0.1) is 10.1 Å². The second-order valence-electron chi connectivity index (χ2n) is 8.04. The van der Waals surface area contributed by atoms with Crippen LogP contribution in [-0.4, -0.2) is 64.7 Å². The number of aliphatic imine (C=N–C) groups is 1. The summed E-state index contributed by atoms with van der Waals surface area (Å²) in [5.74, 6) is -3.06. The number of aliphatic carboxylic acids is 1. The summed E-state index contributed by atoms with van der Waals surface area (Å²) in [6.07, 6.45) is -1.77. The zero-order chi connectivity index (χ0) is 28.0. The summed E-state index contributed by atoms with van der Waals surface area (Å²) in [6, 6.07) is 4.93. The van der Waals surface area contributed by atoms with E-state index in [4.69, 9.17) is 11.6 Å². The lowest BCUT2D eigenvalue weighted by molar-refractivity contribution is -0.384. The first-order valence-corrected chi connectivity index (χ1v) is 12.1. The zero-order valence-electron chi connectivity index (χ0n) is 19.3. The van der Waals surface area contributed by atoms with Gasteiger partial charge in [-0.25, -0.2) is 9.38 Å². The predicted octanol–water partition coefficient (Wildman–Crippen LogP) is 2.49. The van der Waals surface area contributed by atoms with E-state index in [1.807, 2.05) is 0 Å². The minimum absolute atomic E-state index is 0.00397. The van der Waals surface area contributed by atoms with E-state index in [1.54, 1.807) is 0 Å². The summed E-state index contributed by atoms with van der Waals surface area (Å²) in [4.78, 5) is 51.1. The number of aromatic hydroxyl groups is 1. The number of halogens is 3. The van der Waals surface area contributed by atoms with Crippen molar-refractivity contribution in [2.45, 2.75) is 18.6 Å². The Balaban J connectivity index is 1.72. The highest BCUT2D eigenvalue weighted by Gasteiger charge is 2.24. The molecule has 2 atom stereocenters. The van der Waals surface area contributed by atoms with Gasteiger partial charge in [-0.15, -0.1) is 0 Å². The van der Waals surface area contributed by atoms with Crippen molar-refractivity contribution < 1.29 is 33.9 Å². The Morgan fingerprint density at radius 2 is 2.03 bits per heavy atom. The van der Waals surface area contributed by atoms with Crippen LogP contribution >= 0.6 is 27.5 Å². The molecule has 0 aromatic heterocycles. The Kier molecular flexibility index (Phi) is 9.41. The number of phenols is 1. The molecule has 202 valence electrons. The molecule has 0 saturated heterocycles. The van der Waals surface area contributed by atoms with Gasteiger partial charge in [-0.05, 0) is 34.1 Å². The molecule has 0 radical (unpaired) electrons. The molecule has 16 heteroatoms. The third-order valence-electron chi connectivity index (χ3n) is 5.15. The first kappa shape index (κ1) is 28.6. The van der Waals surface area contributed by atoms with E-state index in [0.29, 0.717) is 0 Å². The second-order valence-corrected chi connectivity index (χ2v) is 9.34. The summed E-state index contributed by atoms with van der Waals surface area (Å²) in [5.41, 5.74) is -0.416. The van der Waals surface area contributed by atoms with Gasteiger partial charge >= 0.3 is 5.97 Å². The van der Waals surface area contributed by atoms with E-state index in [-0.39, 0.29) is 51.1 Å². The number of anilines is 1. The Morgan fingerprint density at radius 1 is 1.29 bits per heavy atom. The van der Waals surface area contributed by atoms with E-state index >= 15 is 0 Å². The predicted molar refractivity (Wildman–Crippen MR) is 138 cm³/mol. The van der Waals surface area contributed by atoms with E-state index in [0.717, 1.165) is 12.1 Å². The molecule has 3 rings (SSSR count). The Hall–Kier alpha value is -3.98. The van der Waals surface area contributed by atoms with Gasteiger partial charge in [0.15, 0.2) is 5.96 Å². The van der Waals surface area contributed by atoms with Crippen molar-refractivity contribution in [2.24, 2.45) is 4.99 Å². The average Bonchev–Trinajstić information content (AvgIpc) is 2.85. The van der Waals surface area contributed by atoms with Crippen molar-refractivity contribution in [3.63, 3.8) is 0 Å². The van der Waals surface area contributed by atoms with Crippen LogP contribution in [0.2, 0.25) is 5.02 Å². The van der Waals surface area contributed by atoms with Gasteiger partial charge in [-0.2, -0.15) is 0 Å². The van der Waals surface area contributed by atoms with Crippen molar-refractivity contribution in [3.8, 4) is 5.75 Å². The number of benzene rings is 2. The minimum Gasteiger partial charge on any atom is -0.506 e. The lowest BCUT2D eigenvalue weighted by atomic mass is 10.0. The van der Waals surface area contributed by atoms with Crippen molar-refractivity contribution in [1.82, 2.24) is 16.0 Å². The number of phenolic OH excluding ortho intramolecular Hbond substituents is 1. The molecule has 1 aliphatic heterocycles. The van der Waals surface area contributed by atoms with E-state index in [2.05, 4.69) is 42.2 Å². The smallest absolute Gasteiger partial charge is 0.305 e. The van der Waals surface area contributed by atoms with E-state index in [9.17, 15) is 39.1 Å². The van der Waals surface area contributed by atoms with Crippen LogP contribution in [0.25, 0.3) is 0 Å². The monoisotopic (exact) mass is 614 g/mol. The number of carbonyl (C=O) groups is 3. The number of nitrogens with zero attached hydrogens (tertiary/aromatic N) is 2. The second kappa shape index (κ2) is 12.5. The van der Waals surface area contributed by atoms with Gasteiger partial charge in [-0.3, -0.25) is 24.5 Å². The van der Waals surface area contributed by atoms with Crippen molar-refractivity contribution in [2.75, 3.05) is 25.0 Å². The third kappa shape index (κ3) is 7.76. The molecule has 0 aliphatic carbocycles. The molecular formula is C22H21BrClFN6O7. The number of alkyl halides is 1. The molecule has 2 aromatic carbocycles. The van der Waals surface area contributed by atoms with Crippen LogP contribution in [-0.2, 0) is 9.59 Å². The Labute approximate surface area is 227 Å². The molecule has 0 bridgehead atoms. The molecule has 6 N–H and O–H groups in total. The highest BCUT2D eigenvalue weighted by Crippen LogP contribution is 2.36. The average molecular weight is 616 g/mol. The molecule has 1 unspecified atom stereocenters. The molecule has 2 amide bonds. The fourth-order valence-corrected chi connectivity index (χ4v) is 4.27. The maximum Gasteiger partial charge on any atom is 0.305 e. The van der Waals surface area contributed by atoms with Gasteiger partial charge in [0.2, 0.25) is 5.91 Å². The number of carboxylic acid groups (broad SMARTS) is 1. The van der Waals surface area contributed by atoms with Crippen LogP contribution in [0.5, 0.6) is 5.75 Å². The van der Waals surface area contributed by atoms with Crippen molar-refractivity contribution in [1.29, 1.82) is 0 Å². The van der Waals surface area contributed by atoms with Gasteiger partial charge in [-0.1, -0.05) is 11.6 Å². The summed E-state index contributed by atoms with van der Waals surface area (Å²) >= 11 is 9.08. The molecule has 13 nitrogen and oxygen atoms in total. The summed E-state index contributed by atoms with van der Waals surface area (Å²) < 4.78 is 13.4. The molecule has 0 spiro atoms. The molecule has 0 saturated carbocycles. The van der Waals surface area contributed by atoms with Crippen LogP contribution in [0.15, 0.2) is 39.8 Å². The maximum atomic E-state index is 13.3. The van der Waals surface area contributed by atoms with Crippen LogP contribution in [0.4, 0.5) is 15.8 Å². The number of nitro benzene ring substituents is 1. The normalized spacial score (nSPS) is 15.4. The number of amides is 2. The number of guanidine groups is 1. The van der Waals surface area contributed by atoms with Crippen molar-refractivity contribution in [3.05, 3.63) is 61.1 Å². The first-order valence-electron chi connectivity index (χ1n) is 10.9. The quantitative estimate of drug-likeness (QED) is 0.181. The summed E-state index contributed by atoms with van der Waals surface area (Å²) in [7, 11) is 0. The number of carboxylic acids is 1. The highest BCUT2D eigenvalue weighted by molar-refractivity contribution is 9.10. The SMILES string of the molecule is O=C(O)C[C@H](NC(=O)CNC(=O)c1cc(NC2=NCC(F)CN2)cc([N+](=O)[O-])c1)c1cc(Cl)cc(Br)c1O. The summed E-state index contributed by atoms with van der Waals surface area (Å²) in [6.45, 7) is -0.718. The largest absolute Gasteiger partial charge is 0.506 e.